The Morgan fingerprint density at radius 3 is 2.47 bits per heavy atom. The number of carbonyl (C=O) groups excluding carboxylic acids is 1. The van der Waals surface area contributed by atoms with Gasteiger partial charge in [-0.05, 0) is 29.5 Å². The van der Waals surface area contributed by atoms with Crippen LogP contribution in [-0.2, 0) is 10.3 Å². The summed E-state index contributed by atoms with van der Waals surface area (Å²) in [5, 5.41) is 3.86. The smallest absolute Gasteiger partial charge is 0.242 e. The number of nitrogens with two attached hydrogens (primary N) is 1. The minimum atomic E-state index is -0.752. The zero-order chi connectivity index (χ0) is 14.3. The van der Waals surface area contributed by atoms with Gasteiger partial charge in [0, 0.05) is 0 Å². The number of benzene rings is 1. The number of likely N-dealkylation sites (N-methyl/N-ethyl adjacent to an activating group) is 1. The summed E-state index contributed by atoms with van der Waals surface area (Å²) in [5.74, 6) is 0.604. The standard InChI is InChI=1S/C15H24N2OS/c1-4-17-15(14(16)18,10-11-19-12(2)3)13-8-6-5-7-9-13/h5-9,12,17H,4,10-11H2,1-3H3,(H2,16,18). The second-order valence-electron chi connectivity index (χ2n) is 4.84. The predicted molar refractivity (Wildman–Crippen MR) is 83.2 cm³/mol. The van der Waals surface area contributed by atoms with E-state index in [1.54, 1.807) is 0 Å². The zero-order valence-corrected chi connectivity index (χ0v) is 12.8. The highest BCUT2D eigenvalue weighted by Gasteiger charge is 2.37. The molecule has 1 amide bonds. The van der Waals surface area contributed by atoms with Crippen LogP contribution in [-0.4, -0.2) is 23.5 Å². The fraction of sp³-hybridized carbons (Fsp3) is 0.533. The molecule has 1 aromatic rings. The van der Waals surface area contributed by atoms with Crippen molar-refractivity contribution in [2.75, 3.05) is 12.3 Å². The van der Waals surface area contributed by atoms with E-state index in [9.17, 15) is 4.79 Å². The molecule has 1 aromatic carbocycles. The summed E-state index contributed by atoms with van der Waals surface area (Å²) < 4.78 is 0. The first-order valence-electron chi connectivity index (χ1n) is 6.75. The Morgan fingerprint density at radius 2 is 2.00 bits per heavy atom. The third kappa shape index (κ3) is 4.25. The van der Waals surface area contributed by atoms with Gasteiger partial charge in [0.15, 0.2) is 0 Å². The number of thioether (sulfide) groups is 1. The zero-order valence-electron chi connectivity index (χ0n) is 12.0. The van der Waals surface area contributed by atoms with Gasteiger partial charge in [-0.15, -0.1) is 0 Å². The van der Waals surface area contributed by atoms with Crippen molar-refractivity contribution in [3.63, 3.8) is 0 Å². The average Bonchev–Trinajstić information content (AvgIpc) is 2.38. The highest BCUT2D eigenvalue weighted by Crippen LogP contribution is 2.27. The Bertz CT molecular complexity index is 394. The molecule has 0 heterocycles. The largest absolute Gasteiger partial charge is 0.368 e. The number of rotatable bonds is 8. The van der Waals surface area contributed by atoms with Crippen molar-refractivity contribution >= 4 is 17.7 Å². The van der Waals surface area contributed by atoms with Gasteiger partial charge in [0.05, 0.1) is 0 Å². The van der Waals surface area contributed by atoms with Crippen molar-refractivity contribution in [2.45, 2.75) is 38.0 Å². The van der Waals surface area contributed by atoms with Gasteiger partial charge in [0.2, 0.25) is 5.91 Å². The first-order valence-corrected chi connectivity index (χ1v) is 7.80. The lowest BCUT2D eigenvalue weighted by Gasteiger charge is -2.32. The maximum absolute atomic E-state index is 12.0. The highest BCUT2D eigenvalue weighted by atomic mass is 32.2. The van der Waals surface area contributed by atoms with E-state index in [0.717, 1.165) is 11.3 Å². The quantitative estimate of drug-likeness (QED) is 0.769. The van der Waals surface area contributed by atoms with Crippen LogP contribution in [0.4, 0.5) is 0 Å². The van der Waals surface area contributed by atoms with Gasteiger partial charge in [0.1, 0.15) is 5.54 Å². The van der Waals surface area contributed by atoms with Crippen molar-refractivity contribution in [3.8, 4) is 0 Å². The van der Waals surface area contributed by atoms with E-state index < -0.39 is 5.54 Å². The molecule has 0 fully saturated rings. The highest BCUT2D eigenvalue weighted by molar-refractivity contribution is 7.99. The van der Waals surface area contributed by atoms with Crippen LogP contribution in [0.15, 0.2) is 30.3 Å². The van der Waals surface area contributed by atoms with Gasteiger partial charge in [-0.2, -0.15) is 11.8 Å². The summed E-state index contributed by atoms with van der Waals surface area (Å²) in [7, 11) is 0. The second kappa shape index (κ2) is 7.56. The first-order chi connectivity index (χ1) is 9.03. The third-order valence-electron chi connectivity index (χ3n) is 3.09. The molecule has 3 nitrogen and oxygen atoms in total. The molecule has 0 bridgehead atoms. The number of primary amides is 1. The maximum atomic E-state index is 12.0. The van der Waals surface area contributed by atoms with Crippen LogP contribution in [0.25, 0.3) is 0 Å². The summed E-state index contributed by atoms with van der Waals surface area (Å²) in [5.41, 5.74) is 5.90. The van der Waals surface area contributed by atoms with Crippen LogP contribution in [0.3, 0.4) is 0 Å². The molecule has 0 aliphatic heterocycles. The Labute approximate surface area is 120 Å². The molecular weight excluding hydrogens is 256 g/mol. The van der Waals surface area contributed by atoms with E-state index >= 15 is 0 Å². The van der Waals surface area contributed by atoms with Crippen LogP contribution < -0.4 is 11.1 Å². The first kappa shape index (κ1) is 16.1. The monoisotopic (exact) mass is 280 g/mol. The predicted octanol–water partition coefficient (Wildman–Crippen LogP) is 2.51. The Kier molecular flexibility index (Phi) is 6.38. The average molecular weight is 280 g/mol. The van der Waals surface area contributed by atoms with Crippen LogP contribution in [0, 0.1) is 0 Å². The lowest BCUT2D eigenvalue weighted by Crippen LogP contribution is -2.53. The van der Waals surface area contributed by atoms with Crippen molar-refractivity contribution in [2.24, 2.45) is 5.73 Å². The molecule has 3 N–H and O–H groups in total. The topological polar surface area (TPSA) is 55.1 Å². The summed E-state index contributed by atoms with van der Waals surface area (Å²) in [6.07, 6.45) is 0.711. The molecule has 4 heteroatoms. The number of carbonyl (C=O) groups is 1. The van der Waals surface area contributed by atoms with Crippen LogP contribution in [0.5, 0.6) is 0 Å². The maximum Gasteiger partial charge on any atom is 0.242 e. The van der Waals surface area contributed by atoms with E-state index in [0.29, 0.717) is 18.2 Å². The van der Waals surface area contributed by atoms with Gasteiger partial charge >= 0.3 is 0 Å². The Balaban J connectivity index is 2.97. The molecule has 1 rings (SSSR count). The van der Waals surface area contributed by atoms with E-state index in [1.165, 1.54) is 0 Å². The fourth-order valence-electron chi connectivity index (χ4n) is 2.16. The minimum Gasteiger partial charge on any atom is -0.368 e. The summed E-state index contributed by atoms with van der Waals surface area (Å²) in [4.78, 5) is 12.0. The van der Waals surface area contributed by atoms with E-state index in [4.69, 9.17) is 5.73 Å². The second-order valence-corrected chi connectivity index (χ2v) is 6.52. The van der Waals surface area contributed by atoms with Crippen LogP contribution in [0.1, 0.15) is 32.8 Å². The van der Waals surface area contributed by atoms with Crippen molar-refractivity contribution in [1.82, 2.24) is 5.32 Å². The number of hydrogen-bond donors (Lipinski definition) is 2. The molecule has 0 saturated carbocycles. The molecule has 19 heavy (non-hydrogen) atoms. The molecule has 0 aromatic heterocycles. The Hall–Kier alpha value is -1.00. The van der Waals surface area contributed by atoms with E-state index in [2.05, 4.69) is 19.2 Å². The molecule has 106 valence electrons. The van der Waals surface area contributed by atoms with E-state index in [-0.39, 0.29) is 5.91 Å². The molecule has 0 aliphatic carbocycles. The lowest BCUT2D eigenvalue weighted by atomic mass is 9.86. The SMILES string of the molecule is CCNC(CCSC(C)C)(C(N)=O)c1ccccc1. The van der Waals surface area contributed by atoms with Crippen molar-refractivity contribution in [3.05, 3.63) is 35.9 Å². The Morgan fingerprint density at radius 1 is 1.37 bits per heavy atom. The van der Waals surface area contributed by atoms with Crippen LogP contribution >= 0.6 is 11.8 Å². The molecule has 0 radical (unpaired) electrons. The number of hydrogen-bond acceptors (Lipinski definition) is 3. The van der Waals surface area contributed by atoms with Gasteiger partial charge in [-0.1, -0.05) is 51.1 Å². The van der Waals surface area contributed by atoms with Gasteiger partial charge < -0.3 is 5.73 Å². The molecule has 1 atom stereocenters. The number of amides is 1. The fourth-order valence-corrected chi connectivity index (χ4v) is 3.05. The molecule has 0 saturated heterocycles. The minimum absolute atomic E-state index is 0.301. The van der Waals surface area contributed by atoms with Gasteiger partial charge in [-0.3, -0.25) is 10.1 Å². The van der Waals surface area contributed by atoms with Crippen LogP contribution in [0.2, 0.25) is 0 Å². The molecule has 0 aliphatic rings. The number of nitrogens with one attached hydrogen (secondary N) is 1. The van der Waals surface area contributed by atoms with E-state index in [1.807, 2.05) is 49.0 Å². The van der Waals surface area contributed by atoms with Crippen molar-refractivity contribution < 1.29 is 4.79 Å². The normalized spacial score (nSPS) is 14.3. The lowest BCUT2D eigenvalue weighted by molar-refractivity contribution is -0.124. The molecule has 1 unspecified atom stereocenters. The summed E-state index contributed by atoms with van der Waals surface area (Å²) >= 11 is 1.85. The summed E-state index contributed by atoms with van der Waals surface area (Å²) in [6, 6.07) is 9.77. The molecule has 0 spiro atoms. The summed E-state index contributed by atoms with van der Waals surface area (Å²) in [6.45, 7) is 7.03. The van der Waals surface area contributed by atoms with Crippen molar-refractivity contribution in [1.29, 1.82) is 0 Å². The third-order valence-corrected chi connectivity index (χ3v) is 4.20. The van der Waals surface area contributed by atoms with Gasteiger partial charge in [-0.25, -0.2) is 0 Å². The van der Waals surface area contributed by atoms with Gasteiger partial charge in [0.25, 0.3) is 0 Å². The molecular formula is C15H24N2OS.